The van der Waals surface area contributed by atoms with Crippen molar-refractivity contribution >= 4 is 51.5 Å². The third-order valence-electron chi connectivity index (χ3n) is 4.73. The molecule has 0 bridgehead atoms. The maximum atomic E-state index is 12.6. The number of benzene rings is 2. The van der Waals surface area contributed by atoms with Gasteiger partial charge in [0.2, 0.25) is 0 Å². The number of carbonyl (C=O) groups is 2. The highest BCUT2D eigenvalue weighted by Gasteiger charge is 2.19. The lowest BCUT2D eigenvalue weighted by Crippen LogP contribution is -2.34. The first-order valence-electron chi connectivity index (χ1n) is 9.59. The van der Waals surface area contributed by atoms with E-state index in [0.717, 1.165) is 10.9 Å². The van der Waals surface area contributed by atoms with Crippen molar-refractivity contribution in [2.45, 2.75) is 6.92 Å². The van der Waals surface area contributed by atoms with Gasteiger partial charge < -0.3 is 24.2 Å². The monoisotopic (exact) mass is 449 g/mol. The number of amides is 2. The highest BCUT2D eigenvalue weighted by atomic mass is 32.1. The van der Waals surface area contributed by atoms with Gasteiger partial charge in [0, 0.05) is 22.7 Å². The number of hydrogen-bond donors (Lipinski definition) is 3. The molecule has 0 aliphatic rings. The summed E-state index contributed by atoms with van der Waals surface area (Å²) >= 11 is 5.26. The number of methoxy groups -OCH3 is 1. The summed E-state index contributed by atoms with van der Waals surface area (Å²) in [5, 5.41) is 9.21. The van der Waals surface area contributed by atoms with Gasteiger partial charge in [0.05, 0.1) is 19.1 Å². The van der Waals surface area contributed by atoms with Crippen molar-refractivity contribution in [1.29, 1.82) is 0 Å². The number of para-hydroxylation sites is 1. The van der Waals surface area contributed by atoms with E-state index in [4.69, 9.17) is 25.8 Å². The summed E-state index contributed by atoms with van der Waals surface area (Å²) in [4.78, 5) is 24.8. The first-order chi connectivity index (χ1) is 15.5. The molecule has 0 spiro atoms. The molecule has 4 rings (SSSR count). The van der Waals surface area contributed by atoms with Gasteiger partial charge in [-0.05, 0) is 49.5 Å². The molecule has 2 heterocycles. The Hall–Kier alpha value is -4.11. The molecule has 3 N–H and O–H groups in total. The van der Waals surface area contributed by atoms with E-state index in [1.807, 2.05) is 25.1 Å². The van der Waals surface area contributed by atoms with Gasteiger partial charge in [0.1, 0.15) is 11.3 Å². The Labute approximate surface area is 188 Å². The van der Waals surface area contributed by atoms with E-state index in [2.05, 4.69) is 16.0 Å². The Kier molecular flexibility index (Phi) is 5.91. The normalized spacial score (nSPS) is 10.6. The SMILES string of the molecule is COc1cc(NC(=S)NC(=O)c2oc3ccccc3c2C)ccc1NC(=O)c1ccco1. The van der Waals surface area contributed by atoms with Crippen LogP contribution in [0, 0.1) is 6.92 Å². The van der Waals surface area contributed by atoms with Crippen LogP contribution in [0.15, 0.2) is 69.7 Å². The van der Waals surface area contributed by atoms with Crippen LogP contribution in [0.3, 0.4) is 0 Å². The van der Waals surface area contributed by atoms with Crippen LogP contribution in [0.5, 0.6) is 5.75 Å². The average Bonchev–Trinajstić information content (AvgIpc) is 3.43. The lowest BCUT2D eigenvalue weighted by molar-refractivity contribution is 0.0950. The van der Waals surface area contributed by atoms with Crippen molar-refractivity contribution in [3.05, 3.63) is 77.9 Å². The number of fused-ring (bicyclic) bond motifs is 1. The number of furan rings is 2. The molecular weight excluding hydrogens is 430 g/mol. The number of ether oxygens (including phenoxy) is 1. The van der Waals surface area contributed by atoms with Crippen LogP contribution >= 0.6 is 12.2 Å². The van der Waals surface area contributed by atoms with Crippen molar-refractivity contribution < 1.29 is 23.2 Å². The molecule has 2 aromatic heterocycles. The van der Waals surface area contributed by atoms with Crippen LogP contribution in [-0.2, 0) is 0 Å². The smallest absolute Gasteiger partial charge is 0.293 e. The zero-order valence-corrected chi connectivity index (χ0v) is 18.0. The number of hydrogen-bond acceptors (Lipinski definition) is 6. The fourth-order valence-corrected chi connectivity index (χ4v) is 3.39. The minimum Gasteiger partial charge on any atom is -0.494 e. The van der Waals surface area contributed by atoms with Gasteiger partial charge in [-0.3, -0.25) is 14.9 Å². The third kappa shape index (κ3) is 4.33. The average molecular weight is 449 g/mol. The Morgan fingerprint density at radius 3 is 2.53 bits per heavy atom. The molecule has 0 aliphatic carbocycles. The van der Waals surface area contributed by atoms with Crippen LogP contribution in [0.25, 0.3) is 11.0 Å². The highest BCUT2D eigenvalue weighted by Crippen LogP contribution is 2.29. The Balaban J connectivity index is 1.44. The predicted molar refractivity (Wildman–Crippen MR) is 124 cm³/mol. The lowest BCUT2D eigenvalue weighted by atomic mass is 10.1. The summed E-state index contributed by atoms with van der Waals surface area (Å²) < 4.78 is 16.1. The van der Waals surface area contributed by atoms with Gasteiger partial charge in [-0.15, -0.1) is 0 Å². The lowest BCUT2D eigenvalue weighted by Gasteiger charge is -2.13. The molecule has 0 saturated heterocycles. The largest absolute Gasteiger partial charge is 0.494 e. The molecule has 0 saturated carbocycles. The van der Waals surface area contributed by atoms with E-state index in [9.17, 15) is 9.59 Å². The zero-order valence-electron chi connectivity index (χ0n) is 17.2. The second-order valence-corrected chi connectivity index (χ2v) is 7.22. The van der Waals surface area contributed by atoms with Crippen molar-refractivity contribution in [3.8, 4) is 5.75 Å². The summed E-state index contributed by atoms with van der Waals surface area (Å²) in [6.07, 6.45) is 1.42. The molecule has 2 aromatic carbocycles. The maximum absolute atomic E-state index is 12.6. The van der Waals surface area contributed by atoms with E-state index in [-0.39, 0.29) is 16.6 Å². The molecule has 0 unspecified atom stereocenters. The number of aryl methyl sites for hydroxylation is 1. The summed E-state index contributed by atoms with van der Waals surface area (Å²) in [7, 11) is 1.48. The summed E-state index contributed by atoms with van der Waals surface area (Å²) in [6.45, 7) is 1.82. The van der Waals surface area contributed by atoms with Crippen molar-refractivity contribution in [2.24, 2.45) is 0 Å². The van der Waals surface area contributed by atoms with Gasteiger partial charge in [-0.2, -0.15) is 0 Å². The molecule has 0 atom stereocenters. The van der Waals surface area contributed by atoms with Gasteiger partial charge in [0.15, 0.2) is 16.6 Å². The van der Waals surface area contributed by atoms with Gasteiger partial charge in [0.25, 0.3) is 11.8 Å². The Morgan fingerprint density at radius 1 is 1.00 bits per heavy atom. The van der Waals surface area contributed by atoms with E-state index in [1.165, 1.54) is 13.4 Å². The minimum absolute atomic E-state index is 0.0873. The quantitative estimate of drug-likeness (QED) is 0.379. The molecule has 0 radical (unpaired) electrons. The minimum atomic E-state index is -0.453. The molecule has 0 aliphatic heterocycles. The number of thiocarbonyl (C=S) groups is 1. The van der Waals surface area contributed by atoms with E-state index >= 15 is 0 Å². The fraction of sp³-hybridized carbons (Fsp3) is 0.0870. The fourth-order valence-electron chi connectivity index (χ4n) is 3.18. The standard InChI is InChI=1S/C23H19N3O5S/c1-13-15-6-3-4-7-17(15)31-20(13)22(28)26-23(32)24-14-9-10-16(19(12-14)29-2)25-21(27)18-8-5-11-30-18/h3-12H,1-2H3,(H,25,27)(H2,24,26,28,32). The van der Waals surface area contributed by atoms with Crippen LogP contribution < -0.4 is 20.7 Å². The highest BCUT2D eigenvalue weighted by molar-refractivity contribution is 7.80. The van der Waals surface area contributed by atoms with Gasteiger partial charge >= 0.3 is 0 Å². The van der Waals surface area contributed by atoms with Crippen LogP contribution in [0.1, 0.15) is 26.7 Å². The number of rotatable bonds is 5. The van der Waals surface area contributed by atoms with E-state index < -0.39 is 11.8 Å². The molecule has 0 fully saturated rings. The maximum Gasteiger partial charge on any atom is 0.293 e. The zero-order chi connectivity index (χ0) is 22.7. The predicted octanol–water partition coefficient (Wildman–Crippen LogP) is 4.72. The molecule has 9 heteroatoms. The number of anilines is 2. The Bertz CT molecular complexity index is 1310. The first kappa shape index (κ1) is 21.1. The summed E-state index contributed by atoms with van der Waals surface area (Å²) in [5.74, 6) is -0.0800. The number of nitrogens with one attached hydrogen (secondary N) is 3. The Morgan fingerprint density at radius 2 is 1.81 bits per heavy atom. The van der Waals surface area contributed by atoms with Crippen molar-refractivity contribution in [3.63, 3.8) is 0 Å². The van der Waals surface area contributed by atoms with Crippen LogP contribution in [0.2, 0.25) is 0 Å². The van der Waals surface area contributed by atoms with E-state index in [0.29, 0.717) is 22.7 Å². The molecule has 2 amide bonds. The summed E-state index contributed by atoms with van der Waals surface area (Å²) in [5.41, 5.74) is 2.38. The summed E-state index contributed by atoms with van der Waals surface area (Å²) in [6, 6.07) is 15.6. The molecular formula is C23H19N3O5S. The third-order valence-corrected chi connectivity index (χ3v) is 4.93. The topological polar surface area (TPSA) is 106 Å². The molecule has 4 aromatic rings. The molecule has 32 heavy (non-hydrogen) atoms. The molecule has 162 valence electrons. The van der Waals surface area contributed by atoms with Crippen molar-refractivity contribution in [2.75, 3.05) is 17.7 Å². The first-order valence-corrected chi connectivity index (χ1v) is 10.0. The van der Waals surface area contributed by atoms with Gasteiger partial charge in [-0.1, -0.05) is 18.2 Å². The van der Waals surface area contributed by atoms with Crippen molar-refractivity contribution in [1.82, 2.24) is 5.32 Å². The van der Waals surface area contributed by atoms with Crippen LogP contribution in [0.4, 0.5) is 11.4 Å². The van der Waals surface area contributed by atoms with Gasteiger partial charge in [-0.25, -0.2) is 0 Å². The van der Waals surface area contributed by atoms with Crippen LogP contribution in [-0.4, -0.2) is 24.0 Å². The number of carbonyl (C=O) groups excluding carboxylic acids is 2. The molecule has 8 nitrogen and oxygen atoms in total. The second-order valence-electron chi connectivity index (χ2n) is 6.81. The van der Waals surface area contributed by atoms with E-state index in [1.54, 1.807) is 36.4 Å². The second kappa shape index (κ2) is 8.94.